The number of nitrogens with zero attached hydrogens (tertiary/aromatic N) is 1. The molecule has 0 bridgehead atoms. The van der Waals surface area contributed by atoms with Gasteiger partial charge >= 0.3 is 0 Å². The number of anilines is 2. The van der Waals surface area contributed by atoms with Crippen LogP contribution in [0.5, 0.6) is 0 Å². The molecule has 0 unspecified atom stereocenters. The van der Waals surface area contributed by atoms with Gasteiger partial charge in [-0.2, -0.15) is 0 Å². The minimum Gasteiger partial charge on any atom is -0.456 e. The summed E-state index contributed by atoms with van der Waals surface area (Å²) in [6.07, 6.45) is 0. The third-order valence-corrected chi connectivity index (χ3v) is 3.63. The maximum Gasteiger partial charge on any atom is 0.293 e. The van der Waals surface area contributed by atoms with E-state index < -0.39 is 0 Å². The fourth-order valence-electron chi connectivity index (χ4n) is 1.88. The van der Waals surface area contributed by atoms with Gasteiger partial charge < -0.3 is 10.2 Å². The molecule has 0 aliphatic carbocycles. The van der Waals surface area contributed by atoms with E-state index >= 15 is 0 Å². The van der Waals surface area contributed by atoms with Crippen LogP contribution >= 0.6 is 11.3 Å². The zero-order chi connectivity index (χ0) is 14.8. The molecule has 0 saturated carbocycles. The highest BCUT2D eigenvalue weighted by Crippen LogP contribution is 2.26. The van der Waals surface area contributed by atoms with Gasteiger partial charge in [-0.15, -0.1) is 11.3 Å². The molecule has 0 radical (unpaired) electrons. The number of nitrogens with two attached hydrogens (primary N) is 1. The Labute approximate surface area is 125 Å². The number of nitrogens with one attached hydrogen (secondary N) is 1. The lowest BCUT2D eigenvalue weighted by molar-refractivity contribution is 0.0995. The Hall–Kier alpha value is -2.60. The Morgan fingerprint density at radius 3 is 2.90 bits per heavy atom. The summed E-state index contributed by atoms with van der Waals surface area (Å²) in [5, 5.41) is 5.11. The standard InChI is InChI=1S/C15H13N3O2S/c1-9-5-6-13(20-9)14(19)18-15-17-12(8-21-15)10-3-2-4-11(16)7-10/h2-8H,16H2,1H3,(H,17,18,19). The highest BCUT2D eigenvalue weighted by atomic mass is 32.1. The second-order valence-corrected chi connectivity index (χ2v) is 5.39. The molecule has 0 saturated heterocycles. The number of amides is 1. The SMILES string of the molecule is Cc1ccc(C(=O)Nc2nc(-c3cccc(N)c3)cs2)o1. The van der Waals surface area contributed by atoms with Crippen molar-refractivity contribution in [1.29, 1.82) is 0 Å². The van der Waals surface area contributed by atoms with E-state index in [1.807, 2.05) is 29.6 Å². The molecule has 0 fully saturated rings. The molecule has 0 spiro atoms. The van der Waals surface area contributed by atoms with E-state index in [9.17, 15) is 4.79 Å². The highest BCUT2D eigenvalue weighted by Gasteiger charge is 2.13. The van der Waals surface area contributed by atoms with Crippen molar-refractivity contribution in [3.05, 3.63) is 53.3 Å². The molecule has 6 heteroatoms. The van der Waals surface area contributed by atoms with Crippen LogP contribution < -0.4 is 11.1 Å². The molecular weight excluding hydrogens is 286 g/mol. The van der Waals surface area contributed by atoms with Crippen LogP contribution in [0.25, 0.3) is 11.3 Å². The summed E-state index contributed by atoms with van der Waals surface area (Å²) in [7, 11) is 0. The largest absolute Gasteiger partial charge is 0.456 e. The van der Waals surface area contributed by atoms with Crippen LogP contribution in [-0.4, -0.2) is 10.9 Å². The van der Waals surface area contributed by atoms with E-state index in [0.717, 1.165) is 11.3 Å². The van der Waals surface area contributed by atoms with Crippen LogP contribution in [0.15, 0.2) is 46.2 Å². The van der Waals surface area contributed by atoms with Gasteiger partial charge in [0.2, 0.25) is 0 Å². The minimum atomic E-state index is -0.309. The Kier molecular flexibility index (Phi) is 3.45. The smallest absolute Gasteiger partial charge is 0.293 e. The molecule has 2 aromatic heterocycles. The molecule has 3 N–H and O–H groups in total. The number of aryl methyl sites for hydroxylation is 1. The van der Waals surface area contributed by atoms with Gasteiger partial charge in [0.15, 0.2) is 10.9 Å². The first-order chi connectivity index (χ1) is 10.1. The van der Waals surface area contributed by atoms with E-state index in [1.54, 1.807) is 19.1 Å². The summed E-state index contributed by atoms with van der Waals surface area (Å²) in [4.78, 5) is 16.4. The maximum atomic E-state index is 12.0. The second-order valence-electron chi connectivity index (χ2n) is 4.53. The zero-order valence-corrected chi connectivity index (χ0v) is 12.1. The Morgan fingerprint density at radius 2 is 2.19 bits per heavy atom. The summed E-state index contributed by atoms with van der Waals surface area (Å²) in [6, 6.07) is 10.8. The van der Waals surface area contributed by atoms with Crippen molar-refractivity contribution < 1.29 is 9.21 Å². The van der Waals surface area contributed by atoms with E-state index in [4.69, 9.17) is 10.2 Å². The number of hydrogen-bond acceptors (Lipinski definition) is 5. The van der Waals surface area contributed by atoms with Gasteiger partial charge in [-0.05, 0) is 31.2 Å². The van der Waals surface area contributed by atoms with Gasteiger partial charge in [0.1, 0.15) is 5.76 Å². The number of benzene rings is 1. The maximum absolute atomic E-state index is 12.0. The molecule has 0 aliphatic rings. The average molecular weight is 299 g/mol. The lowest BCUT2D eigenvalue weighted by Gasteiger charge is -1.99. The zero-order valence-electron chi connectivity index (χ0n) is 11.3. The number of thiazole rings is 1. The van der Waals surface area contributed by atoms with Crippen molar-refractivity contribution in [3.63, 3.8) is 0 Å². The Morgan fingerprint density at radius 1 is 1.33 bits per heavy atom. The first kappa shape index (κ1) is 13.4. The van der Waals surface area contributed by atoms with Crippen LogP contribution in [0.2, 0.25) is 0 Å². The first-order valence-electron chi connectivity index (χ1n) is 6.31. The number of aromatic nitrogens is 1. The van der Waals surface area contributed by atoms with Crippen LogP contribution in [0.1, 0.15) is 16.3 Å². The topological polar surface area (TPSA) is 81.2 Å². The monoisotopic (exact) mass is 299 g/mol. The average Bonchev–Trinajstić information content (AvgIpc) is 3.08. The molecule has 3 rings (SSSR count). The molecule has 0 atom stereocenters. The van der Waals surface area contributed by atoms with Gasteiger partial charge in [-0.1, -0.05) is 12.1 Å². The van der Waals surface area contributed by atoms with Gasteiger partial charge in [-0.25, -0.2) is 4.98 Å². The van der Waals surface area contributed by atoms with E-state index in [2.05, 4.69) is 10.3 Å². The van der Waals surface area contributed by atoms with Crippen molar-refractivity contribution in [2.45, 2.75) is 6.92 Å². The molecular formula is C15H13N3O2S. The third kappa shape index (κ3) is 2.95. The number of rotatable bonds is 3. The molecule has 0 aliphatic heterocycles. The van der Waals surface area contributed by atoms with Crippen LogP contribution in [0, 0.1) is 6.92 Å². The summed E-state index contributed by atoms with van der Waals surface area (Å²) in [5.41, 5.74) is 8.13. The van der Waals surface area contributed by atoms with Gasteiger partial charge in [-0.3, -0.25) is 10.1 Å². The van der Waals surface area contributed by atoms with Crippen molar-refractivity contribution in [2.24, 2.45) is 0 Å². The van der Waals surface area contributed by atoms with E-state index in [1.165, 1.54) is 11.3 Å². The quantitative estimate of drug-likeness (QED) is 0.725. The van der Waals surface area contributed by atoms with Gasteiger partial charge in [0.05, 0.1) is 5.69 Å². The fraction of sp³-hybridized carbons (Fsp3) is 0.0667. The predicted molar refractivity (Wildman–Crippen MR) is 83.4 cm³/mol. The lowest BCUT2D eigenvalue weighted by atomic mass is 10.1. The third-order valence-electron chi connectivity index (χ3n) is 2.87. The first-order valence-corrected chi connectivity index (χ1v) is 7.19. The van der Waals surface area contributed by atoms with E-state index in [0.29, 0.717) is 16.6 Å². The van der Waals surface area contributed by atoms with E-state index in [-0.39, 0.29) is 11.7 Å². The molecule has 106 valence electrons. The molecule has 5 nitrogen and oxygen atoms in total. The fourth-order valence-corrected chi connectivity index (χ4v) is 2.59. The van der Waals surface area contributed by atoms with Crippen LogP contribution in [0.3, 0.4) is 0 Å². The van der Waals surface area contributed by atoms with Gasteiger partial charge in [0, 0.05) is 16.6 Å². The normalized spacial score (nSPS) is 10.5. The Balaban J connectivity index is 1.78. The summed E-state index contributed by atoms with van der Waals surface area (Å²) < 4.78 is 5.27. The number of furan rings is 1. The number of nitrogen functional groups attached to an aromatic ring is 1. The number of hydrogen-bond donors (Lipinski definition) is 2. The highest BCUT2D eigenvalue weighted by molar-refractivity contribution is 7.14. The summed E-state index contributed by atoms with van der Waals surface area (Å²) in [6.45, 7) is 1.79. The second kappa shape index (κ2) is 5.41. The summed E-state index contributed by atoms with van der Waals surface area (Å²) in [5.74, 6) is 0.657. The van der Waals surface area contributed by atoms with Crippen molar-refractivity contribution in [3.8, 4) is 11.3 Å². The minimum absolute atomic E-state index is 0.271. The molecule has 21 heavy (non-hydrogen) atoms. The number of carbonyl (C=O) groups is 1. The van der Waals surface area contributed by atoms with Crippen LogP contribution in [0.4, 0.5) is 10.8 Å². The van der Waals surface area contributed by atoms with Crippen molar-refractivity contribution >= 4 is 28.1 Å². The molecule has 2 heterocycles. The lowest BCUT2D eigenvalue weighted by Crippen LogP contribution is -2.10. The molecule has 1 amide bonds. The summed E-state index contributed by atoms with van der Waals surface area (Å²) >= 11 is 1.35. The van der Waals surface area contributed by atoms with Crippen LogP contribution in [-0.2, 0) is 0 Å². The molecule has 3 aromatic rings. The Bertz CT molecular complexity index is 792. The van der Waals surface area contributed by atoms with Crippen molar-refractivity contribution in [1.82, 2.24) is 4.98 Å². The number of carbonyl (C=O) groups excluding carboxylic acids is 1. The van der Waals surface area contributed by atoms with Crippen molar-refractivity contribution in [2.75, 3.05) is 11.1 Å². The predicted octanol–water partition coefficient (Wildman–Crippen LogP) is 3.55. The van der Waals surface area contributed by atoms with Gasteiger partial charge in [0.25, 0.3) is 5.91 Å². The molecule has 1 aromatic carbocycles.